The first-order valence-electron chi connectivity index (χ1n) is 5.68. The van der Waals surface area contributed by atoms with Gasteiger partial charge in [0.2, 0.25) is 0 Å². The van der Waals surface area contributed by atoms with Gasteiger partial charge in [-0.05, 0) is 13.0 Å². The molecule has 0 aromatic carbocycles. The van der Waals surface area contributed by atoms with Gasteiger partial charge in [0.05, 0.1) is 11.8 Å². The Bertz CT molecular complexity index is 576. The molecule has 2 aromatic rings. The number of nitrogens with one attached hydrogen (secondary N) is 2. The zero-order valence-corrected chi connectivity index (χ0v) is 10.2. The second-order valence-electron chi connectivity index (χ2n) is 3.60. The highest BCUT2D eigenvalue weighted by Gasteiger charge is 2.16. The van der Waals surface area contributed by atoms with Crippen LogP contribution in [0, 0.1) is 5.82 Å². The molecule has 1 amide bonds. The predicted octanol–water partition coefficient (Wildman–Crippen LogP) is 1.69. The summed E-state index contributed by atoms with van der Waals surface area (Å²) < 4.78 is 14.0. The molecule has 0 aliphatic carbocycles. The summed E-state index contributed by atoms with van der Waals surface area (Å²) in [6.07, 6.45) is 5.66. The molecular weight excluding hydrogens is 249 g/mol. The van der Waals surface area contributed by atoms with Crippen molar-refractivity contribution in [2.24, 2.45) is 0 Å². The summed E-state index contributed by atoms with van der Waals surface area (Å²) in [5.41, 5.74) is -0.100. The number of rotatable bonds is 4. The Kier molecular flexibility index (Phi) is 3.97. The van der Waals surface area contributed by atoms with E-state index in [0.29, 0.717) is 6.54 Å². The molecule has 0 saturated heterocycles. The van der Waals surface area contributed by atoms with Crippen molar-refractivity contribution in [3.63, 3.8) is 0 Å². The van der Waals surface area contributed by atoms with E-state index < -0.39 is 11.7 Å². The highest BCUT2D eigenvalue weighted by atomic mass is 19.1. The molecule has 0 spiro atoms. The predicted molar refractivity (Wildman–Crippen MR) is 68.3 cm³/mol. The van der Waals surface area contributed by atoms with E-state index >= 15 is 0 Å². The molecule has 2 aromatic heterocycles. The van der Waals surface area contributed by atoms with Crippen LogP contribution >= 0.6 is 0 Å². The van der Waals surface area contributed by atoms with Crippen molar-refractivity contribution in [2.75, 3.05) is 17.2 Å². The number of aromatic nitrogens is 3. The van der Waals surface area contributed by atoms with Crippen LogP contribution in [0.15, 0.2) is 30.9 Å². The van der Waals surface area contributed by atoms with Crippen LogP contribution in [0.2, 0.25) is 0 Å². The summed E-state index contributed by atoms with van der Waals surface area (Å²) in [5.74, 6) is -0.978. The molecule has 0 bridgehead atoms. The monoisotopic (exact) mass is 261 g/mol. The number of anilines is 2. The number of carbonyl (C=O) groups excluding carboxylic acids is 1. The lowest BCUT2D eigenvalue weighted by molar-refractivity contribution is 0.102. The maximum atomic E-state index is 14.0. The Morgan fingerprint density at radius 2 is 2.16 bits per heavy atom. The molecule has 2 N–H and O–H groups in total. The summed E-state index contributed by atoms with van der Waals surface area (Å²) in [4.78, 5) is 23.4. The third-order valence-corrected chi connectivity index (χ3v) is 2.28. The van der Waals surface area contributed by atoms with Gasteiger partial charge in [-0.1, -0.05) is 0 Å². The fourth-order valence-corrected chi connectivity index (χ4v) is 1.46. The minimum absolute atomic E-state index is 0.0503. The fourth-order valence-electron chi connectivity index (χ4n) is 1.46. The van der Waals surface area contributed by atoms with E-state index in [-0.39, 0.29) is 17.2 Å². The molecule has 6 nitrogen and oxygen atoms in total. The van der Waals surface area contributed by atoms with Crippen molar-refractivity contribution in [3.05, 3.63) is 42.2 Å². The number of amides is 1. The standard InChI is InChI=1S/C12H12FN5O/c1-2-15-11-10(13)8(3-4-17-11)12(19)18-9-7-14-5-6-16-9/h3-7H,2H2,1H3,(H,15,17)(H,16,18,19). The zero-order valence-electron chi connectivity index (χ0n) is 10.2. The summed E-state index contributed by atoms with van der Waals surface area (Å²) in [6, 6.07) is 1.31. The van der Waals surface area contributed by atoms with Crippen molar-refractivity contribution < 1.29 is 9.18 Å². The van der Waals surface area contributed by atoms with Crippen LogP contribution in [0.5, 0.6) is 0 Å². The molecule has 2 rings (SSSR count). The van der Waals surface area contributed by atoms with Crippen molar-refractivity contribution >= 4 is 17.5 Å². The van der Waals surface area contributed by atoms with Crippen LogP contribution in [0.3, 0.4) is 0 Å². The Labute approximate surface area is 109 Å². The van der Waals surface area contributed by atoms with Crippen molar-refractivity contribution in [1.29, 1.82) is 0 Å². The average Bonchev–Trinajstić information content (AvgIpc) is 2.42. The van der Waals surface area contributed by atoms with E-state index in [4.69, 9.17) is 0 Å². The van der Waals surface area contributed by atoms with Crippen LogP contribution in [0.1, 0.15) is 17.3 Å². The fraction of sp³-hybridized carbons (Fsp3) is 0.167. The molecule has 0 aliphatic heterocycles. The molecule has 0 atom stereocenters. The van der Waals surface area contributed by atoms with Crippen molar-refractivity contribution in [2.45, 2.75) is 6.92 Å². The Morgan fingerprint density at radius 3 is 2.84 bits per heavy atom. The van der Waals surface area contributed by atoms with Gasteiger partial charge in [0.25, 0.3) is 5.91 Å². The topological polar surface area (TPSA) is 79.8 Å². The van der Waals surface area contributed by atoms with Crippen LogP contribution in [-0.4, -0.2) is 27.4 Å². The minimum Gasteiger partial charge on any atom is -0.368 e. The van der Waals surface area contributed by atoms with Gasteiger partial charge in [0.15, 0.2) is 17.5 Å². The minimum atomic E-state index is -0.689. The van der Waals surface area contributed by atoms with E-state index in [9.17, 15) is 9.18 Å². The zero-order chi connectivity index (χ0) is 13.7. The van der Waals surface area contributed by atoms with Gasteiger partial charge in [0.1, 0.15) is 0 Å². The molecule has 2 heterocycles. The lowest BCUT2D eigenvalue weighted by atomic mass is 10.2. The molecule has 0 unspecified atom stereocenters. The average molecular weight is 261 g/mol. The molecule has 98 valence electrons. The molecule has 7 heteroatoms. The molecule has 0 radical (unpaired) electrons. The summed E-state index contributed by atoms with van der Waals surface area (Å²) >= 11 is 0. The maximum absolute atomic E-state index is 14.0. The maximum Gasteiger partial charge on any atom is 0.260 e. The van der Waals surface area contributed by atoms with Gasteiger partial charge >= 0.3 is 0 Å². The summed E-state index contributed by atoms with van der Waals surface area (Å²) in [5, 5.41) is 5.20. The number of hydrogen-bond acceptors (Lipinski definition) is 5. The highest BCUT2D eigenvalue weighted by molar-refractivity contribution is 6.04. The Balaban J connectivity index is 2.22. The lowest BCUT2D eigenvalue weighted by Gasteiger charge is -2.08. The van der Waals surface area contributed by atoms with E-state index in [2.05, 4.69) is 25.6 Å². The normalized spacial score (nSPS) is 10.0. The number of hydrogen-bond donors (Lipinski definition) is 2. The van der Waals surface area contributed by atoms with Crippen LogP contribution < -0.4 is 10.6 Å². The van der Waals surface area contributed by atoms with Crippen molar-refractivity contribution in [1.82, 2.24) is 15.0 Å². The van der Waals surface area contributed by atoms with Gasteiger partial charge in [-0.3, -0.25) is 9.78 Å². The largest absolute Gasteiger partial charge is 0.368 e. The molecule has 0 saturated carbocycles. The Hall–Kier alpha value is -2.57. The van der Waals surface area contributed by atoms with Crippen LogP contribution in [0.25, 0.3) is 0 Å². The molecule has 0 aliphatic rings. The number of nitrogens with zero attached hydrogens (tertiary/aromatic N) is 3. The van der Waals surface area contributed by atoms with E-state index in [0.717, 1.165) is 0 Å². The van der Waals surface area contributed by atoms with E-state index in [1.807, 2.05) is 6.92 Å². The SMILES string of the molecule is CCNc1nccc(C(=O)Nc2cnccn2)c1F. The summed E-state index contributed by atoms with van der Waals surface area (Å²) in [6.45, 7) is 2.33. The van der Waals surface area contributed by atoms with Gasteiger partial charge in [-0.2, -0.15) is 0 Å². The van der Waals surface area contributed by atoms with Crippen LogP contribution in [0.4, 0.5) is 16.0 Å². The van der Waals surface area contributed by atoms with Gasteiger partial charge in [-0.25, -0.2) is 14.4 Å². The van der Waals surface area contributed by atoms with E-state index in [1.165, 1.54) is 30.9 Å². The highest BCUT2D eigenvalue weighted by Crippen LogP contribution is 2.15. The first kappa shape index (κ1) is 12.9. The molecule has 0 fully saturated rings. The van der Waals surface area contributed by atoms with E-state index in [1.54, 1.807) is 0 Å². The van der Waals surface area contributed by atoms with Gasteiger partial charge in [-0.15, -0.1) is 0 Å². The van der Waals surface area contributed by atoms with Crippen LogP contribution in [-0.2, 0) is 0 Å². The molecular formula is C12H12FN5O. The number of halogens is 1. The van der Waals surface area contributed by atoms with Gasteiger partial charge < -0.3 is 10.6 Å². The lowest BCUT2D eigenvalue weighted by Crippen LogP contribution is -2.16. The number of pyridine rings is 1. The molecule has 19 heavy (non-hydrogen) atoms. The van der Waals surface area contributed by atoms with Gasteiger partial charge in [0, 0.05) is 25.1 Å². The number of carbonyl (C=O) groups is 1. The quantitative estimate of drug-likeness (QED) is 0.875. The first-order chi connectivity index (χ1) is 9.22. The Morgan fingerprint density at radius 1 is 1.32 bits per heavy atom. The first-order valence-corrected chi connectivity index (χ1v) is 5.68. The van der Waals surface area contributed by atoms with Crippen molar-refractivity contribution in [3.8, 4) is 0 Å². The summed E-state index contributed by atoms with van der Waals surface area (Å²) in [7, 11) is 0. The second-order valence-corrected chi connectivity index (χ2v) is 3.60. The third-order valence-electron chi connectivity index (χ3n) is 2.28. The third kappa shape index (κ3) is 3.01. The smallest absolute Gasteiger partial charge is 0.260 e. The second kappa shape index (κ2) is 5.85.